The molecule has 0 spiro atoms. The summed E-state index contributed by atoms with van der Waals surface area (Å²) in [6, 6.07) is 3.65. The van der Waals surface area contributed by atoms with E-state index in [1.54, 1.807) is 6.07 Å². The Morgan fingerprint density at radius 2 is 2.18 bits per heavy atom. The number of halogens is 2. The molecule has 0 aliphatic heterocycles. The Bertz CT molecular complexity index is 506. The molecule has 1 rings (SSSR count). The number of methoxy groups -OCH3 is 1. The van der Waals surface area contributed by atoms with Crippen LogP contribution in [0.3, 0.4) is 0 Å². The van der Waals surface area contributed by atoms with Gasteiger partial charge in [-0.2, -0.15) is 5.26 Å². The monoisotopic (exact) mass is 239 g/mol. The molecule has 0 saturated carbocycles. The van der Waals surface area contributed by atoms with E-state index in [4.69, 9.17) is 5.26 Å². The van der Waals surface area contributed by atoms with Crippen molar-refractivity contribution in [3.05, 3.63) is 34.4 Å². The Morgan fingerprint density at radius 1 is 1.53 bits per heavy atom. The van der Waals surface area contributed by atoms with E-state index >= 15 is 0 Å². The van der Waals surface area contributed by atoms with Gasteiger partial charge in [-0.15, -0.1) is 0 Å². The minimum atomic E-state index is -3.00. The van der Waals surface area contributed by atoms with Gasteiger partial charge < -0.3 is 4.74 Å². The fraction of sp³-hybridized carbons (Fsp3) is 0.182. The number of benzene rings is 1. The Labute approximate surface area is 95.4 Å². The highest BCUT2D eigenvalue weighted by Crippen LogP contribution is 2.27. The van der Waals surface area contributed by atoms with Crippen LogP contribution in [0.4, 0.5) is 8.78 Å². The molecule has 0 saturated heterocycles. The summed E-state index contributed by atoms with van der Waals surface area (Å²) in [5, 5.41) is 8.66. The summed E-state index contributed by atoms with van der Waals surface area (Å²) < 4.78 is 29.8. The van der Waals surface area contributed by atoms with Gasteiger partial charge >= 0.3 is 5.97 Å². The van der Waals surface area contributed by atoms with Crippen molar-refractivity contribution in [1.29, 1.82) is 5.26 Å². The summed E-state index contributed by atoms with van der Waals surface area (Å²) in [5.74, 6) is -1.01. The minimum Gasteiger partial charge on any atom is -0.465 e. The van der Waals surface area contributed by atoms with Crippen molar-refractivity contribution in [2.45, 2.75) is 6.43 Å². The second kappa shape index (κ2) is 5.16. The van der Waals surface area contributed by atoms with Crippen LogP contribution in [0, 0.1) is 11.3 Å². The lowest BCUT2D eigenvalue weighted by molar-refractivity contribution is 0.0589. The second-order valence-corrected chi connectivity index (χ2v) is 3.05. The molecule has 4 nitrogen and oxygen atoms in total. The molecule has 17 heavy (non-hydrogen) atoms. The first-order valence-electron chi connectivity index (χ1n) is 4.44. The molecule has 0 N–H and O–H groups in total. The lowest BCUT2D eigenvalue weighted by Crippen LogP contribution is -2.09. The summed E-state index contributed by atoms with van der Waals surface area (Å²) in [4.78, 5) is 22.0. The third kappa shape index (κ3) is 2.45. The predicted molar refractivity (Wildman–Crippen MR) is 52.8 cm³/mol. The van der Waals surface area contributed by atoms with Crippen molar-refractivity contribution in [1.82, 2.24) is 0 Å². The van der Waals surface area contributed by atoms with Gasteiger partial charge in [0.25, 0.3) is 6.43 Å². The van der Waals surface area contributed by atoms with Crippen molar-refractivity contribution in [3.8, 4) is 6.07 Å². The van der Waals surface area contributed by atoms with Crippen LogP contribution in [0.1, 0.15) is 38.3 Å². The van der Waals surface area contributed by atoms with E-state index in [-0.39, 0.29) is 17.4 Å². The Hall–Kier alpha value is -2.29. The Morgan fingerprint density at radius 3 is 2.59 bits per heavy atom. The number of ether oxygens (including phenoxy) is 1. The summed E-state index contributed by atoms with van der Waals surface area (Å²) in [6.07, 6.45) is -2.83. The second-order valence-electron chi connectivity index (χ2n) is 3.05. The molecule has 0 heterocycles. The van der Waals surface area contributed by atoms with Crippen LogP contribution in [-0.2, 0) is 4.74 Å². The van der Waals surface area contributed by atoms with Crippen LogP contribution in [0.15, 0.2) is 12.1 Å². The number of esters is 1. The molecule has 0 unspecified atom stereocenters. The maximum atomic E-state index is 12.8. The van der Waals surface area contributed by atoms with Crippen molar-refractivity contribution >= 4 is 12.3 Å². The Balaban J connectivity index is 3.58. The molecule has 0 atom stereocenters. The van der Waals surface area contributed by atoms with Crippen molar-refractivity contribution in [2.75, 3.05) is 7.11 Å². The highest BCUT2D eigenvalue weighted by molar-refractivity contribution is 5.95. The first kappa shape index (κ1) is 12.8. The summed E-state index contributed by atoms with van der Waals surface area (Å²) in [6.45, 7) is 0. The lowest BCUT2D eigenvalue weighted by Gasteiger charge is -2.10. The molecule has 0 aliphatic carbocycles. The number of alkyl halides is 2. The van der Waals surface area contributed by atoms with Crippen LogP contribution in [0.2, 0.25) is 0 Å². The molecule has 0 aromatic heterocycles. The largest absolute Gasteiger partial charge is 0.465 e. The van der Waals surface area contributed by atoms with E-state index in [0.717, 1.165) is 19.2 Å². The molecule has 1 aromatic carbocycles. The Kier molecular flexibility index (Phi) is 3.88. The maximum absolute atomic E-state index is 12.8. The van der Waals surface area contributed by atoms with Crippen LogP contribution in [0.25, 0.3) is 0 Å². The smallest absolute Gasteiger partial charge is 0.338 e. The molecular formula is C11H7F2NO3. The van der Waals surface area contributed by atoms with Gasteiger partial charge in [-0.1, -0.05) is 0 Å². The highest BCUT2D eigenvalue weighted by atomic mass is 19.3. The van der Waals surface area contributed by atoms with Gasteiger partial charge in [0.05, 0.1) is 24.3 Å². The lowest BCUT2D eigenvalue weighted by atomic mass is 9.98. The van der Waals surface area contributed by atoms with Crippen molar-refractivity contribution in [2.24, 2.45) is 0 Å². The zero-order chi connectivity index (χ0) is 13.0. The van der Waals surface area contributed by atoms with Gasteiger partial charge in [0, 0.05) is 11.1 Å². The van der Waals surface area contributed by atoms with Gasteiger partial charge in [0.1, 0.15) is 0 Å². The number of nitrogens with zero attached hydrogens (tertiary/aromatic N) is 1. The molecule has 88 valence electrons. The molecular weight excluding hydrogens is 232 g/mol. The normalized spacial score (nSPS) is 9.82. The van der Waals surface area contributed by atoms with Crippen molar-refractivity contribution < 1.29 is 23.1 Å². The van der Waals surface area contributed by atoms with Crippen LogP contribution in [-0.4, -0.2) is 19.4 Å². The van der Waals surface area contributed by atoms with Gasteiger partial charge in [0.2, 0.25) is 0 Å². The summed E-state index contributed by atoms with van der Waals surface area (Å²) >= 11 is 0. The van der Waals surface area contributed by atoms with E-state index in [9.17, 15) is 18.4 Å². The first-order valence-corrected chi connectivity index (χ1v) is 4.44. The number of nitriles is 1. The standard InChI is InChI=1S/C11H7F2NO3/c1-17-11(16)8-3-6(4-14)2-7(5-15)9(8)10(12)13/h2-3,5,10H,1H3. The topological polar surface area (TPSA) is 67.2 Å². The van der Waals surface area contributed by atoms with Crippen molar-refractivity contribution in [3.63, 3.8) is 0 Å². The quantitative estimate of drug-likeness (QED) is 0.598. The zero-order valence-electron chi connectivity index (χ0n) is 8.74. The summed E-state index contributed by atoms with van der Waals surface area (Å²) in [5.41, 5.74) is -1.63. The molecule has 0 radical (unpaired) electrons. The molecule has 1 aromatic rings. The van der Waals surface area contributed by atoms with Crippen LogP contribution >= 0.6 is 0 Å². The SMILES string of the molecule is COC(=O)c1cc(C#N)cc(C=O)c1C(F)F. The molecule has 0 bridgehead atoms. The minimum absolute atomic E-state index is 0.0584. The van der Waals surface area contributed by atoms with E-state index in [1.165, 1.54) is 0 Å². The van der Waals surface area contributed by atoms with E-state index in [0.29, 0.717) is 0 Å². The number of rotatable bonds is 3. The zero-order valence-corrected chi connectivity index (χ0v) is 8.74. The predicted octanol–water partition coefficient (Wildman–Crippen LogP) is 2.09. The van der Waals surface area contributed by atoms with Gasteiger partial charge in [-0.25, -0.2) is 13.6 Å². The van der Waals surface area contributed by atoms with Crippen LogP contribution < -0.4 is 0 Å². The average Bonchev–Trinajstić information content (AvgIpc) is 2.35. The highest BCUT2D eigenvalue weighted by Gasteiger charge is 2.23. The van der Waals surface area contributed by atoms with E-state index in [2.05, 4.69) is 4.74 Å². The molecule has 0 amide bonds. The molecule has 6 heteroatoms. The average molecular weight is 239 g/mol. The van der Waals surface area contributed by atoms with E-state index < -0.39 is 23.5 Å². The summed E-state index contributed by atoms with van der Waals surface area (Å²) in [7, 11) is 1.03. The van der Waals surface area contributed by atoms with Gasteiger partial charge in [-0.3, -0.25) is 4.79 Å². The number of hydrogen-bond acceptors (Lipinski definition) is 4. The van der Waals surface area contributed by atoms with Gasteiger partial charge in [0.15, 0.2) is 6.29 Å². The van der Waals surface area contributed by atoms with Gasteiger partial charge in [-0.05, 0) is 12.1 Å². The molecule has 0 aliphatic rings. The number of hydrogen-bond donors (Lipinski definition) is 0. The number of carbonyl (C=O) groups is 2. The third-order valence-corrected chi connectivity index (χ3v) is 2.09. The van der Waals surface area contributed by atoms with Crippen LogP contribution in [0.5, 0.6) is 0 Å². The molecule has 0 fully saturated rings. The van der Waals surface area contributed by atoms with E-state index in [1.807, 2.05) is 0 Å². The first-order chi connectivity index (χ1) is 8.04. The fourth-order valence-corrected chi connectivity index (χ4v) is 1.36. The number of carbonyl (C=O) groups excluding carboxylic acids is 2. The maximum Gasteiger partial charge on any atom is 0.338 e. The third-order valence-electron chi connectivity index (χ3n) is 2.09. The number of aldehydes is 1. The fourth-order valence-electron chi connectivity index (χ4n) is 1.36.